The first-order valence-corrected chi connectivity index (χ1v) is 8.10. The number of carbonyl (C=O) groups excluding carboxylic acids is 2. The van der Waals surface area contributed by atoms with Crippen molar-refractivity contribution in [2.75, 3.05) is 0 Å². The van der Waals surface area contributed by atoms with Crippen molar-refractivity contribution >= 4 is 11.8 Å². The quantitative estimate of drug-likeness (QED) is 0.849. The van der Waals surface area contributed by atoms with Gasteiger partial charge in [-0.2, -0.15) is 0 Å². The SMILES string of the molecule is CC[C@@H]1C[C@H]1NC(=O)[C@@H](NC(=O)c1cccc(C)c1)C(C)C. The molecule has 1 aliphatic rings. The van der Waals surface area contributed by atoms with E-state index in [0.717, 1.165) is 18.4 Å². The summed E-state index contributed by atoms with van der Waals surface area (Å²) in [5, 5.41) is 5.93. The van der Waals surface area contributed by atoms with Gasteiger partial charge in [0, 0.05) is 11.6 Å². The number of rotatable bonds is 6. The second-order valence-corrected chi connectivity index (χ2v) is 6.58. The highest BCUT2D eigenvalue weighted by Crippen LogP contribution is 2.33. The van der Waals surface area contributed by atoms with Gasteiger partial charge >= 0.3 is 0 Å². The van der Waals surface area contributed by atoms with Crippen LogP contribution >= 0.6 is 0 Å². The Morgan fingerprint density at radius 3 is 2.59 bits per heavy atom. The van der Waals surface area contributed by atoms with Crippen LogP contribution in [0.25, 0.3) is 0 Å². The summed E-state index contributed by atoms with van der Waals surface area (Å²) in [6, 6.07) is 7.19. The number of hydrogen-bond acceptors (Lipinski definition) is 2. The number of hydrogen-bond donors (Lipinski definition) is 2. The molecule has 2 N–H and O–H groups in total. The first kappa shape index (κ1) is 16.5. The largest absolute Gasteiger partial charge is 0.351 e. The molecule has 0 bridgehead atoms. The molecule has 0 aromatic heterocycles. The van der Waals surface area contributed by atoms with Crippen molar-refractivity contribution in [3.05, 3.63) is 35.4 Å². The Morgan fingerprint density at radius 1 is 1.32 bits per heavy atom. The van der Waals surface area contributed by atoms with Gasteiger partial charge in [0.25, 0.3) is 5.91 Å². The van der Waals surface area contributed by atoms with Crippen LogP contribution in [-0.4, -0.2) is 23.9 Å². The average Bonchev–Trinajstić information content (AvgIpc) is 3.22. The lowest BCUT2D eigenvalue weighted by atomic mass is 10.0. The Bertz CT molecular complexity index is 554. The van der Waals surface area contributed by atoms with Crippen molar-refractivity contribution in [3.63, 3.8) is 0 Å². The van der Waals surface area contributed by atoms with E-state index in [0.29, 0.717) is 11.5 Å². The molecule has 0 spiro atoms. The van der Waals surface area contributed by atoms with Gasteiger partial charge in [0.15, 0.2) is 0 Å². The minimum atomic E-state index is -0.494. The van der Waals surface area contributed by atoms with Gasteiger partial charge in [0.1, 0.15) is 6.04 Å². The predicted octanol–water partition coefficient (Wildman–Crippen LogP) is 2.66. The molecule has 0 heterocycles. The van der Waals surface area contributed by atoms with E-state index < -0.39 is 6.04 Å². The van der Waals surface area contributed by atoms with E-state index in [9.17, 15) is 9.59 Å². The zero-order chi connectivity index (χ0) is 16.3. The van der Waals surface area contributed by atoms with Gasteiger partial charge < -0.3 is 10.6 Å². The fourth-order valence-electron chi connectivity index (χ4n) is 2.69. The lowest BCUT2D eigenvalue weighted by Gasteiger charge is -2.22. The fraction of sp³-hybridized carbons (Fsp3) is 0.556. The smallest absolute Gasteiger partial charge is 0.251 e. The second-order valence-electron chi connectivity index (χ2n) is 6.58. The van der Waals surface area contributed by atoms with Crippen molar-refractivity contribution < 1.29 is 9.59 Å². The third kappa shape index (κ3) is 4.09. The molecule has 4 nitrogen and oxygen atoms in total. The van der Waals surface area contributed by atoms with Crippen LogP contribution in [0.4, 0.5) is 0 Å². The Kier molecular flexibility index (Phi) is 5.22. The van der Waals surface area contributed by atoms with Crippen molar-refractivity contribution in [1.82, 2.24) is 10.6 Å². The van der Waals surface area contributed by atoms with Crippen molar-refractivity contribution in [1.29, 1.82) is 0 Å². The summed E-state index contributed by atoms with van der Waals surface area (Å²) < 4.78 is 0. The molecular formula is C18H26N2O2. The Hall–Kier alpha value is -1.84. The lowest BCUT2D eigenvalue weighted by molar-refractivity contribution is -0.124. The highest BCUT2D eigenvalue weighted by Gasteiger charge is 2.38. The van der Waals surface area contributed by atoms with E-state index in [2.05, 4.69) is 17.6 Å². The van der Waals surface area contributed by atoms with Gasteiger partial charge in [0.05, 0.1) is 0 Å². The van der Waals surface area contributed by atoms with E-state index >= 15 is 0 Å². The average molecular weight is 302 g/mol. The molecule has 2 rings (SSSR count). The third-order valence-corrected chi connectivity index (χ3v) is 4.29. The molecule has 2 amide bonds. The fourth-order valence-corrected chi connectivity index (χ4v) is 2.69. The molecule has 3 atom stereocenters. The summed E-state index contributed by atoms with van der Waals surface area (Å²) in [4.78, 5) is 24.8. The van der Waals surface area contributed by atoms with E-state index in [1.165, 1.54) is 0 Å². The zero-order valence-electron chi connectivity index (χ0n) is 13.8. The minimum Gasteiger partial charge on any atom is -0.351 e. The number of benzene rings is 1. The number of carbonyl (C=O) groups is 2. The highest BCUT2D eigenvalue weighted by atomic mass is 16.2. The number of amides is 2. The summed E-state index contributed by atoms with van der Waals surface area (Å²) in [6.45, 7) is 7.98. The molecule has 0 saturated heterocycles. The Balaban J connectivity index is 1.99. The maximum absolute atomic E-state index is 12.4. The van der Waals surface area contributed by atoms with Crippen LogP contribution in [0.2, 0.25) is 0 Å². The normalized spacial score (nSPS) is 21.3. The van der Waals surface area contributed by atoms with E-state index in [4.69, 9.17) is 0 Å². The highest BCUT2D eigenvalue weighted by molar-refractivity contribution is 5.97. The summed E-state index contributed by atoms with van der Waals surface area (Å²) in [5.41, 5.74) is 1.62. The van der Waals surface area contributed by atoms with Crippen molar-refractivity contribution in [2.45, 2.75) is 52.6 Å². The molecule has 120 valence electrons. The number of aryl methyl sites for hydroxylation is 1. The Labute approximate surface area is 132 Å². The molecule has 1 aromatic rings. The zero-order valence-corrected chi connectivity index (χ0v) is 13.8. The van der Waals surface area contributed by atoms with Gasteiger partial charge in [-0.15, -0.1) is 0 Å². The van der Waals surface area contributed by atoms with Crippen LogP contribution in [0.5, 0.6) is 0 Å². The molecule has 1 aliphatic carbocycles. The maximum atomic E-state index is 12.4. The topological polar surface area (TPSA) is 58.2 Å². The monoisotopic (exact) mass is 302 g/mol. The van der Waals surface area contributed by atoms with E-state index in [1.807, 2.05) is 39.0 Å². The molecule has 22 heavy (non-hydrogen) atoms. The molecule has 1 aromatic carbocycles. The minimum absolute atomic E-state index is 0.0487. The van der Waals surface area contributed by atoms with E-state index in [-0.39, 0.29) is 23.8 Å². The van der Waals surface area contributed by atoms with Gasteiger partial charge in [0.2, 0.25) is 5.91 Å². The predicted molar refractivity (Wildman–Crippen MR) is 87.6 cm³/mol. The van der Waals surface area contributed by atoms with Crippen molar-refractivity contribution in [3.8, 4) is 0 Å². The Morgan fingerprint density at radius 2 is 2.05 bits per heavy atom. The van der Waals surface area contributed by atoms with Gasteiger partial charge in [-0.1, -0.05) is 44.9 Å². The summed E-state index contributed by atoms with van der Waals surface area (Å²) in [6.07, 6.45) is 2.14. The van der Waals surface area contributed by atoms with Crippen LogP contribution in [0, 0.1) is 18.8 Å². The standard InChI is InChI=1S/C18H26N2O2/c1-5-13-10-15(13)19-18(22)16(11(2)3)20-17(21)14-8-6-7-12(4)9-14/h6-9,11,13,15-16H,5,10H2,1-4H3,(H,19,22)(H,20,21)/t13-,15-,16+/m1/s1. The third-order valence-electron chi connectivity index (χ3n) is 4.29. The lowest BCUT2D eigenvalue weighted by Crippen LogP contribution is -2.50. The molecule has 4 heteroatoms. The molecule has 0 radical (unpaired) electrons. The molecular weight excluding hydrogens is 276 g/mol. The van der Waals surface area contributed by atoms with Gasteiger partial charge in [-0.3, -0.25) is 9.59 Å². The van der Waals surface area contributed by atoms with E-state index in [1.54, 1.807) is 6.07 Å². The van der Waals surface area contributed by atoms with Gasteiger partial charge in [-0.05, 0) is 37.3 Å². The molecule has 0 aliphatic heterocycles. The molecule has 0 unspecified atom stereocenters. The van der Waals surface area contributed by atoms with Crippen LogP contribution in [-0.2, 0) is 4.79 Å². The van der Waals surface area contributed by atoms with Crippen LogP contribution in [0.1, 0.15) is 49.5 Å². The summed E-state index contributed by atoms with van der Waals surface area (Å²) in [5.74, 6) is 0.383. The second kappa shape index (κ2) is 6.95. The summed E-state index contributed by atoms with van der Waals surface area (Å²) in [7, 11) is 0. The van der Waals surface area contributed by atoms with Crippen molar-refractivity contribution in [2.24, 2.45) is 11.8 Å². The summed E-state index contributed by atoms with van der Waals surface area (Å²) >= 11 is 0. The van der Waals surface area contributed by atoms with Crippen LogP contribution in [0.15, 0.2) is 24.3 Å². The van der Waals surface area contributed by atoms with Crippen LogP contribution in [0.3, 0.4) is 0 Å². The number of nitrogens with one attached hydrogen (secondary N) is 2. The van der Waals surface area contributed by atoms with Gasteiger partial charge in [-0.25, -0.2) is 0 Å². The first-order chi connectivity index (χ1) is 10.4. The first-order valence-electron chi connectivity index (χ1n) is 8.10. The molecule has 1 fully saturated rings. The van der Waals surface area contributed by atoms with Crippen LogP contribution < -0.4 is 10.6 Å². The maximum Gasteiger partial charge on any atom is 0.251 e. The molecule has 1 saturated carbocycles.